The third-order valence-corrected chi connectivity index (χ3v) is 2.39. The monoisotopic (exact) mass is 246 g/mol. The zero-order chi connectivity index (χ0) is 9.84. The van der Waals surface area contributed by atoms with Crippen molar-refractivity contribution < 1.29 is 4.74 Å². The summed E-state index contributed by atoms with van der Waals surface area (Å²) >= 11 is 3.41. The van der Waals surface area contributed by atoms with Gasteiger partial charge in [-0.3, -0.25) is 0 Å². The first-order chi connectivity index (χ1) is 6.16. The number of imidazole rings is 1. The molecule has 0 saturated carbocycles. The molecule has 1 aromatic rings. The summed E-state index contributed by atoms with van der Waals surface area (Å²) < 4.78 is 8.34. The maximum Gasteiger partial charge on any atom is 0.177 e. The normalized spacial score (nSPS) is 11.2. The van der Waals surface area contributed by atoms with E-state index in [2.05, 4.69) is 39.3 Å². The second-order valence-electron chi connectivity index (χ2n) is 3.12. The summed E-state index contributed by atoms with van der Waals surface area (Å²) in [7, 11) is 0. The van der Waals surface area contributed by atoms with Gasteiger partial charge in [-0.25, -0.2) is 4.98 Å². The lowest BCUT2D eigenvalue weighted by atomic mass is 10.3. The molecule has 0 unspecified atom stereocenters. The van der Waals surface area contributed by atoms with Gasteiger partial charge in [0.25, 0.3) is 0 Å². The molecule has 0 fully saturated rings. The van der Waals surface area contributed by atoms with Crippen LogP contribution in [0.25, 0.3) is 0 Å². The molecular formula is C9H15BrN2O. The van der Waals surface area contributed by atoms with Crippen molar-refractivity contribution in [3.8, 4) is 0 Å². The maximum absolute atomic E-state index is 5.34. The van der Waals surface area contributed by atoms with Crippen LogP contribution in [0.5, 0.6) is 0 Å². The second kappa shape index (κ2) is 4.77. The summed E-state index contributed by atoms with van der Waals surface area (Å²) in [5.74, 6) is 0. The Kier molecular flexibility index (Phi) is 3.93. The van der Waals surface area contributed by atoms with Gasteiger partial charge in [0.15, 0.2) is 4.73 Å². The van der Waals surface area contributed by atoms with Gasteiger partial charge in [-0.05, 0) is 36.7 Å². The quantitative estimate of drug-likeness (QED) is 0.817. The molecule has 1 rings (SSSR count). The Morgan fingerprint density at radius 3 is 2.85 bits per heavy atom. The average Bonchev–Trinajstić information content (AvgIpc) is 2.43. The fraction of sp³-hybridized carbons (Fsp3) is 0.667. The number of aromatic nitrogens is 2. The molecule has 0 aliphatic heterocycles. The van der Waals surface area contributed by atoms with E-state index in [9.17, 15) is 0 Å². The molecule has 0 radical (unpaired) electrons. The van der Waals surface area contributed by atoms with Crippen LogP contribution < -0.4 is 0 Å². The highest BCUT2D eigenvalue weighted by Crippen LogP contribution is 2.18. The predicted octanol–water partition coefficient (Wildman–Crippen LogP) is 2.76. The molecule has 0 N–H and O–H groups in total. The molecule has 0 bridgehead atoms. The molecule has 0 aromatic carbocycles. The van der Waals surface area contributed by atoms with Crippen LogP contribution in [0.15, 0.2) is 10.9 Å². The minimum Gasteiger partial charge on any atom is -0.375 e. The van der Waals surface area contributed by atoms with Gasteiger partial charge >= 0.3 is 0 Å². The van der Waals surface area contributed by atoms with Gasteiger partial charge in [-0.2, -0.15) is 0 Å². The minimum absolute atomic E-state index is 0.410. The Labute approximate surface area is 87.2 Å². The fourth-order valence-electron chi connectivity index (χ4n) is 1.23. The van der Waals surface area contributed by atoms with Crippen LogP contribution in [0.1, 0.15) is 32.5 Å². The molecule has 0 spiro atoms. The van der Waals surface area contributed by atoms with E-state index in [0.29, 0.717) is 12.6 Å². The minimum atomic E-state index is 0.410. The lowest BCUT2D eigenvalue weighted by molar-refractivity contribution is 0.127. The SMILES string of the molecule is CCOCc1cnc(Br)n1C(C)C. The van der Waals surface area contributed by atoms with Crippen LogP contribution in [0, 0.1) is 0 Å². The average molecular weight is 247 g/mol. The molecular weight excluding hydrogens is 232 g/mol. The van der Waals surface area contributed by atoms with Crippen molar-refractivity contribution in [3.63, 3.8) is 0 Å². The van der Waals surface area contributed by atoms with Crippen molar-refractivity contribution >= 4 is 15.9 Å². The molecule has 1 aromatic heterocycles. The van der Waals surface area contributed by atoms with Gasteiger partial charge in [0, 0.05) is 12.6 Å². The third-order valence-electron chi connectivity index (χ3n) is 1.80. The summed E-state index contributed by atoms with van der Waals surface area (Å²) in [5, 5.41) is 0. The Balaban J connectivity index is 2.81. The molecule has 0 aliphatic carbocycles. The Hall–Kier alpha value is -0.350. The Morgan fingerprint density at radius 1 is 1.62 bits per heavy atom. The lowest BCUT2D eigenvalue weighted by Gasteiger charge is -2.12. The molecule has 3 nitrogen and oxygen atoms in total. The summed E-state index contributed by atoms with van der Waals surface area (Å²) in [6, 6.07) is 0.410. The van der Waals surface area contributed by atoms with Crippen LogP contribution in [-0.2, 0) is 11.3 Å². The highest BCUT2D eigenvalue weighted by molar-refractivity contribution is 9.10. The van der Waals surface area contributed by atoms with E-state index in [0.717, 1.165) is 17.0 Å². The molecule has 74 valence electrons. The van der Waals surface area contributed by atoms with Crippen molar-refractivity contribution in [2.75, 3.05) is 6.61 Å². The van der Waals surface area contributed by atoms with Gasteiger partial charge in [0.05, 0.1) is 18.5 Å². The van der Waals surface area contributed by atoms with Crippen LogP contribution in [0.3, 0.4) is 0 Å². The number of rotatable bonds is 4. The molecule has 0 atom stereocenters. The number of hydrogen-bond donors (Lipinski definition) is 0. The highest BCUT2D eigenvalue weighted by atomic mass is 79.9. The summed E-state index contributed by atoms with van der Waals surface area (Å²) in [6.45, 7) is 7.61. The third kappa shape index (κ3) is 2.54. The lowest BCUT2D eigenvalue weighted by Crippen LogP contribution is -2.07. The maximum atomic E-state index is 5.34. The zero-order valence-corrected chi connectivity index (χ0v) is 9.84. The zero-order valence-electron chi connectivity index (χ0n) is 8.25. The van der Waals surface area contributed by atoms with Crippen molar-refractivity contribution in [2.24, 2.45) is 0 Å². The van der Waals surface area contributed by atoms with Crippen molar-refractivity contribution in [1.29, 1.82) is 0 Å². The van der Waals surface area contributed by atoms with Gasteiger partial charge in [0.2, 0.25) is 0 Å². The fourth-order valence-corrected chi connectivity index (χ4v) is 1.97. The second-order valence-corrected chi connectivity index (χ2v) is 3.83. The standard InChI is InChI=1S/C9H15BrN2O/c1-4-13-6-8-5-11-9(10)12(8)7(2)3/h5,7H,4,6H2,1-3H3. The Bertz CT molecular complexity index is 271. The summed E-state index contributed by atoms with van der Waals surface area (Å²) in [6.07, 6.45) is 1.85. The van der Waals surface area contributed by atoms with Crippen LogP contribution in [0.4, 0.5) is 0 Å². The number of halogens is 1. The number of nitrogens with zero attached hydrogens (tertiary/aromatic N) is 2. The van der Waals surface area contributed by atoms with Gasteiger partial charge in [-0.15, -0.1) is 0 Å². The van der Waals surface area contributed by atoms with Crippen molar-refractivity contribution in [3.05, 3.63) is 16.6 Å². The van der Waals surface area contributed by atoms with Crippen LogP contribution in [0.2, 0.25) is 0 Å². The largest absolute Gasteiger partial charge is 0.375 e. The molecule has 4 heteroatoms. The van der Waals surface area contributed by atoms with Gasteiger partial charge < -0.3 is 9.30 Å². The summed E-state index contributed by atoms with van der Waals surface area (Å²) in [4.78, 5) is 4.19. The van der Waals surface area contributed by atoms with E-state index in [-0.39, 0.29) is 0 Å². The highest BCUT2D eigenvalue weighted by Gasteiger charge is 2.09. The Morgan fingerprint density at radius 2 is 2.31 bits per heavy atom. The van der Waals surface area contributed by atoms with E-state index >= 15 is 0 Å². The summed E-state index contributed by atoms with van der Waals surface area (Å²) in [5.41, 5.74) is 1.11. The van der Waals surface area contributed by atoms with Gasteiger partial charge in [-0.1, -0.05) is 0 Å². The molecule has 0 saturated heterocycles. The van der Waals surface area contributed by atoms with Gasteiger partial charge in [0.1, 0.15) is 0 Å². The van der Waals surface area contributed by atoms with Crippen LogP contribution in [-0.4, -0.2) is 16.2 Å². The van der Waals surface area contributed by atoms with E-state index in [1.54, 1.807) is 0 Å². The molecule has 13 heavy (non-hydrogen) atoms. The number of hydrogen-bond acceptors (Lipinski definition) is 2. The van der Waals surface area contributed by atoms with E-state index in [1.807, 2.05) is 13.1 Å². The smallest absolute Gasteiger partial charge is 0.177 e. The van der Waals surface area contributed by atoms with Crippen molar-refractivity contribution in [2.45, 2.75) is 33.4 Å². The molecule has 0 amide bonds. The first-order valence-corrected chi connectivity index (χ1v) is 5.25. The first-order valence-electron chi connectivity index (χ1n) is 4.46. The predicted molar refractivity (Wildman–Crippen MR) is 55.6 cm³/mol. The van der Waals surface area contributed by atoms with Crippen LogP contribution >= 0.6 is 15.9 Å². The molecule has 0 aliphatic rings. The van der Waals surface area contributed by atoms with E-state index < -0.39 is 0 Å². The van der Waals surface area contributed by atoms with Crippen molar-refractivity contribution in [1.82, 2.24) is 9.55 Å². The van der Waals surface area contributed by atoms with E-state index in [1.165, 1.54) is 0 Å². The number of ether oxygens (including phenoxy) is 1. The van der Waals surface area contributed by atoms with E-state index in [4.69, 9.17) is 4.74 Å². The molecule has 1 heterocycles. The topological polar surface area (TPSA) is 27.1 Å². The first kappa shape index (κ1) is 10.7.